The Balaban J connectivity index is 2.63. The molecular formula is C12H15FN2O. The van der Waals surface area contributed by atoms with Crippen molar-refractivity contribution in [2.45, 2.75) is 26.4 Å². The predicted octanol–water partition coefficient (Wildman–Crippen LogP) is 2.23. The highest BCUT2D eigenvalue weighted by atomic mass is 19.1. The molecule has 1 aromatic carbocycles. The van der Waals surface area contributed by atoms with Crippen molar-refractivity contribution in [3.8, 4) is 11.8 Å². The average molecular weight is 222 g/mol. The van der Waals surface area contributed by atoms with Gasteiger partial charge in [0.1, 0.15) is 0 Å². The molecule has 0 aromatic heterocycles. The topological polar surface area (TPSA) is 45.0 Å². The third kappa shape index (κ3) is 3.52. The van der Waals surface area contributed by atoms with Crippen LogP contribution in [-0.4, -0.2) is 12.6 Å². The van der Waals surface area contributed by atoms with Crippen LogP contribution in [0.1, 0.15) is 19.4 Å². The van der Waals surface area contributed by atoms with Crippen LogP contribution in [0.25, 0.3) is 0 Å². The molecule has 4 heteroatoms. The van der Waals surface area contributed by atoms with Crippen molar-refractivity contribution in [1.82, 2.24) is 5.32 Å². The van der Waals surface area contributed by atoms with Gasteiger partial charge >= 0.3 is 0 Å². The third-order valence-electron chi connectivity index (χ3n) is 2.10. The molecule has 0 fully saturated rings. The second kappa shape index (κ2) is 6.09. The summed E-state index contributed by atoms with van der Waals surface area (Å²) in [6.07, 6.45) is 0. The van der Waals surface area contributed by atoms with E-state index in [4.69, 9.17) is 10.00 Å². The lowest BCUT2D eigenvalue weighted by molar-refractivity contribution is 0.321. The lowest BCUT2D eigenvalue weighted by Crippen LogP contribution is -2.23. The molecule has 0 amide bonds. The standard InChI is InChI=1S/C12H15FN2O/c1-3-16-12-5-4-10(6-11(12)13)8-15-9(2)7-14/h4-6,9,15H,3,8H2,1-2H3. The lowest BCUT2D eigenvalue weighted by Gasteiger charge is -2.08. The van der Waals surface area contributed by atoms with Crippen molar-refractivity contribution in [1.29, 1.82) is 5.26 Å². The molecule has 0 saturated heterocycles. The number of hydrogen-bond donors (Lipinski definition) is 1. The van der Waals surface area contributed by atoms with E-state index in [1.165, 1.54) is 6.07 Å². The molecule has 0 bridgehead atoms. The third-order valence-corrected chi connectivity index (χ3v) is 2.10. The van der Waals surface area contributed by atoms with Gasteiger partial charge in [0.15, 0.2) is 11.6 Å². The zero-order valence-electron chi connectivity index (χ0n) is 9.46. The van der Waals surface area contributed by atoms with Crippen LogP contribution in [0.15, 0.2) is 18.2 Å². The van der Waals surface area contributed by atoms with E-state index in [2.05, 4.69) is 11.4 Å². The van der Waals surface area contributed by atoms with Gasteiger partial charge in [-0.1, -0.05) is 6.07 Å². The van der Waals surface area contributed by atoms with Crippen molar-refractivity contribution < 1.29 is 9.13 Å². The predicted molar refractivity (Wildman–Crippen MR) is 59.5 cm³/mol. The largest absolute Gasteiger partial charge is 0.491 e. The second-order valence-electron chi connectivity index (χ2n) is 3.43. The number of rotatable bonds is 5. The lowest BCUT2D eigenvalue weighted by atomic mass is 10.2. The van der Waals surface area contributed by atoms with Gasteiger partial charge in [-0.2, -0.15) is 5.26 Å². The van der Waals surface area contributed by atoms with Gasteiger partial charge in [0.25, 0.3) is 0 Å². The molecule has 1 atom stereocenters. The van der Waals surface area contributed by atoms with Gasteiger partial charge in [0, 0.05) is 6.54 Å². The maximum atomic E-state index is 13.4. The average Bonchev–Trinajstić information content (AvgIpc) is 2.29. The molecule has 1 unspecified atom stereocenters. The number of benzene rings is 1. The van der Waals surface area contributed by atoms with Crippen LogP contribution in [0.5, 0.6) is 5.75 Å². The molecule has 0 spiro atoms. The van der Waals surface area contributed by atoms with Crippen LogP contribution in [0.2, 0.25) is 0 Å². The Morgan fingerprint density at radius 1 is 1.56 bits per heavy atom. The Hall–Kier alpha value is -1.60. The second-order valence-corrected chi connectivity index (χ2v) is 3.43. The number of nitrogens with zero attached hydrogens (tertiary/aromatic N) is 1. The number of nitrogens with one attached hydrogen (secondary N) is 1. The SMILES string of the molecule is CCOc1ccc(CNC(C)C#N)cc1F. The Kier molecular flexibility index (Phi) is 4.74. The molecule has 1 rings (SSSR count). The summed E-state index contributed by atoms with van der Waals surface area (Å²) in [5.74, 6) is -0.106. The van der Waals surface area contributed by atoms with Crippen molar-refractivity contribution in [3.63, 3.8) is 0 Å². The van der Waals surface area contributed by atoms with Crippen LogP contribution in [0, 0.1) is 17.1 Å². The van der Waals surface area contributed by atoms with Crippen molar-refractivity contribution in [3.05, 3.63) is 29.6 Å². The van der Waals surface area contributed by atoms with E-state index in [1.807, 2.05) is 6.92 Å². The molecule has 0 aliphatic carbocycles. The van der Waals surface area contributed by atoms with E-state index in [-0.39, 0.29) is 17.6 Å². The zero-order chi connectivity index (χ0) is 12.0. The van der Waals surface area contributed by atoms with E-state index in [0.717, 1.165) is 5.56 Å². The van der Waals surface area contributed by atoms with E-state index in [0.29, 0.717) is 13.2 Å². The molecule has 0 aliphatic rings. The molecule has 0 aliphatic heterocycles. The number of hydrogen-bond acceptors (Lipinski definition) is 3. The Bertz CT molecular complexity index is 387. The molecular weight excluding hydrogens is 207 g/mol. The summed E-state index contributed by atoms with van der Waals surface area (Å²) in [5.41, 5.74) is 0.794. The molecule has 0 saturated carbocycles. The first kappa shape index (κ1) is 12.5. The Morgan fingerprint density at radius 2 is 2.31 bits per heavy atom. The van der Waals surface area contributed by atoms with Crippen LogP contribution < -0.4 is 10.1 Å². The first-order valence-electron chi connectivity index (χ1n) is 5.21. The highest BCUT2D eigenvalue weighted by molar-refractivity contribution is 5.29. The summed E-state index contributed by atoms with van der Waals surface area (Å²) in [6.45, 7) is 4.48. The summed E-state index contributed by atoms with van der Waals surface area (Å²) < 4.78 is 18.5. The first-order chi connectivity index (χ1) is 7.67. The van der Waals surface area contributed by atoms with E-state index in [9.17, 15) is 4.39 Å². The van der Waals surface area contributed by atoms with E-state index >= 15 is 0 Å². The monoisotopic (exact) mass is 222 g/mol. The zero-order valence-corrected chi connectivity index (χ0v) is 9.46. The van der Waals surface area contributed by atoms with E-state index < -0.39 is 0 Å². The van der Waals surface area contributed by atoms with Crippen molar-refractivity contribution in [2.24, 2.45) is 0 Å². The summed E-state index contributed by atoms with van der Waals surface area (Å²) >= 11 is 0. The van der Waals surface area contributed by atoms with Gasteiger partial charge in [0.2, 0.25) is 0 Å². The summed E-state index contributed by atoms with van der Waals surface area (Å²) in [7, 11) is 0. The van der Waals surface area contributed by atoms with Crippen molar-refractivity contribution >= 4 is 0 Å². The molecule has 86 valence electrons. The maximum Gasteiger partial charge on any atom is 0.165 e. The van der Waals surface area contributed by atoms with Gasteiger partial charge in [0.05, 0.1) is 18.7 Å². The molecule has 1 N–H and O–H groups in total. The maximum absolute atomic E-state index is 13.4. The van der Waals surface area contributed by atoms with Gasteiger partial charge in [-0.15, -0.1) is 0 Å². The molecule has 0 heterocycles. The molecule has 16 heavy (non-hydrogen) atoms. The summed E-state index contributed by atoms with van der Waals surface area (Å²) in [5, 5.41) is 11.5. The highest BCUT2D eigenvalue weighted by Crippen LogP contribution is 2.18. The van der Waals surface area contributed by atoms with E-state index in [1.54, 1.807) is 19.1 Å². The number of ether oxygens (including phenoxy) is 1. The fourth-order valence-corrected chi connectivity index (χ4v) is 1.24. The van der Waals surface area contributed by atoms with Gasteiger partial charge in [-0.25, -0.2) is 4.39 Å². The van der Waals surface area contributed by atoms with Gasteiger partial charge < -0.3 is 4.74 Å². The Morgan fingerprint density at radius 3 is 2.88 bits per heavy atom. The smallest absolute Gasteiger partial charge is 0.165 e. The fraction of sp³-hybridized carbons (Fsp3) is 0.417. The minimum absolute atomic E-state index is 0.241. The quantitative estimate of drug-likeness (QED) is 0.830. The molecule has 3 nitrogen and oxygen atoms in total. The normalized spacial score (nSPS) is 11.9. The van der Waals surface area contributed by atoms with Crippen molar-refractivity contribution in [2.75, 3.05) is 6.61 Å². The fourth-order valence-electron chi connectivity index (χ4n) is 1.24. The highest BCUT2D eigenvalue weighted by Gasteiger charge is 2.05. The van der Waals surface area contributed by atoms with Crippen LogP contribution in [0.4, 0.5) is 4.39 Å². The summed E-state index contributed by atoms with van der Waals surface area (Å²) in [6, 6.07) is 6.62. The number of halogens is 1. The molecule has 1 aromatic rings. The summed E-state index contributed by atoms with van der Waals surface area (Å²) in [4.78, 5) is 0. The van der Waals surface area contributed by atoms with Crippen LogP contribution >= 0.6 is 0 Å². The number of nitriles is 1. The Labute approximate surface area is 94.8 Å². The minimum atomic E-state index is -0.370. The van der Waals surface area contributed by atoms with Crippen LogP contribution in [0.3, 0.4) is 0 Å². The molecule has 0 radical (unpaired) electrons. The van der Waals surface area contributed by atoms with Gasteiger partial charge in [-0.05, 0) is 31.5 Å². The first-order valence-corrected chi connectivity index (χ1v) is 5.21. The van der Waals surface area contributed by atoms with Crippen LogP contribution in [-0.2, 0) is 6.54 Å². The minimum Gasteiger partial charge on any atom is -0.491 e. The van der Waals surface area contributed by atoms with Gasteiger partial charge in [-0.3, -0.25) is 5.32 Å².